The summed E-state index contributed by atoms with van der Waals surface area (Å²) in [7, 11) is 0. The lowest BCUT2D eigenvalue weighted by Crippen LogP contribution is -2.52. The van der Waals surface area contributed by atoms with Crippen LogP contribution in [0.2, 0.25) is 0 Å². The van der Waals surface area contributed by atoms with Crippen LogP contribution in [0, 0.1) is 71.0 Å². The van der Waals surface area contributed by atoms with E-state index in [0.717, 1.165) is 75.5 Å². The second-order valence-electron chi connectivity index (χ2n) is 21.3. The third kappa shape index (κ3) is 12.2. The number of hydrogen-bond acceptors (Lipinski definition) is 10. The lowest BCUT2D eigenvalue weighted by Gasteiger charge is -2.50. The van der Waals surface area contributed by atoms with Crippen LogP contribution in [0.3, 0.4) is 0 Å². The van der Waals surface area contributed by atoms with E-state index in [2.05, 4.69) is 4.90 Å². The monoisotopic (exact) mass is 822 g/mol. The highest BCUT2D eigenvalue weighted by Gasteiger charge is 2.42. The number of aliphatic hydroxyl groups excluding tert-OH is 9. The van der Waals surface area contributed by atoms with Gasteiger partial charge >= 0.3 is 0 Å². The minimum absolute atomic E-state index is 0.00217. The predicted molar refractivity (Wildman–Crippen MR) is 226 cm³/mol. The first-order chi connectivity index (χ1) is 28.2. The molecule has 0 aliphatic heterocycles. The standard InChI is InChI=1S/C48H87NO9/c50-25-37-19-34(20-38(26-51)46(37)56)4-1-31-7-13-43(14-8-31)49(44-15-9-32(10-16-44)2-5-35-21-39(27-52)47(57)40(22-35)28-53)45-17-11-33(12-18-45)3-6-36-23-41(29-54)48(58)42(24-36)30-55/h31-48,50-58H,1-30H2. The fourth-order valence-corrected chi connectivity index (χ4v) is 14.2. The maximum Gasteiger partial charge on any atom is 0.0640 e. The minimum atomic E-state index is -0.588. The summed E-state index contributed by atoms with van der Waals surface area (Å²) in [5.74, 6) is 3.00. The van der Waals surface area contributed by atoms with E-state index in [9.17, 15) is 46.0 Å². The van der Waals surface area contributed by atoms with Crippen molar-refractivity contribution < 1.29 is 46.0 Å². The smallest absolute Gasteiger partial charge is 0.0640 e. The SMILES string of the molecule is OCC1CC(CCC2CCC(N(C3CCC(CCC4CC(CO)C(O)C(CO)C4)CC3)C3CCC(CCC4CC(CO)C(O)C(CO)C4)CC3)CC2)CC(CO)C1O. The van der Waals surface area contributed by atoms with Crippen molar-refractivity contribution in [1.29, 1.82) is 0 Å². The van der Waals surface area contributed by atoms with E-state index < -0.39 is 18.3 Å². The summed E-state index contributed by atoms with van der Waals surface area (Å²) in [6, 6.07) is 1.96. The van der Waals surface area contributed by atoms with Gasteiger partial charge in [0.25, 0.3) is 0 Å². The third-order valence-electron chi connectivity index (χ3n) is 17.8. The van der Waals surface area contributed by atoms with Crippen LogP contribution >= 0.6 is 0 Å². The maximum atomic E-state index is 10.6. The Hall–Kier alpha value is -0.400. The van der Waals surface area contributed by atoms with Crippen molar-refractivity contribution >= 4 is 0 Å². The van der Waals surface area contributed by atoms with E-state index in [1.165, 1.54) is 96.3 Å². The van der Waals surface area contributed by atoms with E-state index in [-0.39, 0.29) is 75.1 Å². The fourth-order valence-electron chi connectivity index (χ4n) is 14.2. The van der Waals surface area contributed by atoms with Gasteiger partial charge in [-0.3, -0.25) is 4.90 Å². The largest absolute Gasteiger partial charge is 0.396 e. The Morgan fingerprint density at radius 3 is 0.655 bits per heavy atom. The fraction of sp³-hybridized carbons (Fsp3) is 1.00. The van der Waals surface area contributed by atoms with E-state index in [1.54, 1.807) is 0 Å². The number of nitrogens with zero attached hydrogens (tertiary/aromatic N) is 1. The van der Waals surface area contributed by atoms with Gasteiger partial charge in [0, 0.05) is 93.3 Å². The van der Waals surface area contributed by atoms with Crippen LogP contribution in [0.15, 0.2) is 0 Å². The van der Waals surface area contributed by atoms with Gasteiger partial charge in [-0.15, -0.1) is 0 Å². The molecule has 6 fully saturated rings. The van der Waals surface area contributed by atoms with Gasteiger partial charge in [0.15, 0.2) is 0 Å². The van der Waals surface area contributed by atoms with Crippen LogP contribution in [0.4, 0.5) is 0 Å². The second kappa shape index (κ2) is 23.3. The highest BCUT2D eigenvalue weighted by Crippen LogP contribution is 2.45. The van der Waals surface area contributed by atoms with Crippen LogP contribution < -0.4 is 0 Å². The Balaban J connectivity index is 1.01. The molecule has 9 N–H and O–H groups in total. The van der Waals surface area contributed by atoms with Crippen molar-refractivity contribution in [1.82, 2.24) is 4.90 Å². The summed E-state index contributed by atoms with van der Waals surface area (Å²) >= 11 is 0. The molecule has 6 unspecified atom stereocenters. The molecule has 6 atom stereocenters. The van der Waals surface area contributed by atoms with E-state index in [0.29, 0.717) is 35.9 Å². The third-order valence-corrected chi connectivity index (χ3v) is 17.8. The molecule has 0 heterocycles. The number of aliphatic hydroxyl groups is 9. The molecule has 0 saturated heterocycles. The molecule has 338 valence electrons. The molecular weight excluding hydrogens is 735 g/mol. The lowest BCUT2D eigenvalue weighted by atomic mass is 9.70. The molecule has 58 heavy (non-hydrogen) atoms. The zero-order valence-electron chi connectivity index (χ0n) is 36.1. The lowest BCUT2D eigenvalue weighted by molar-refractivity contribution is -0.0467. The van der Waals surface area contributed by atoms with Crippen LogP contribution in [0.1, 0.15) is 154 Å². The van der Waals surface area contributed by atoms with Gasteiger partial charge in [-0.2, -0.15) is 0 Å². The molecule has 10 heteroatoms. The Bertz CT molecular complexity index is 960. The predicted octanol–water partition coefficient (Wildman–Crippen LogP) is 5.27. The normalized spacial score (nSPS) is 44.4. The molecule has 0 amide bonds. The Kier molecular flexibility index (Phi) is 18.9. The summed E-state index contributed by atoms with van der Waals surface area (Å²) in [4.78, 5) is 3.07. The summed E-state index contributed by atoms with van der Waals surface area (Å²) in [6.07, 6.45) is 25.9. The first-order valence-electron chi connectivity index (χ1n) is 24.6. The van der Waals surface area contributed by atoms with E-state index >= 15 is 0 Å². The van der Waals surface area contributed by atoms with Gasteiger partial charge in [-0.05, 0) is 151 Å². The first-order valence-corrected chi connectivity index (χ1v) is 24.6. The van der Waals surface area contributed by atoms with E-state index in [4.69, 9.17) is 0 Å². The van der Waals surface area contributed by atoms with Gasteiger partial charge in [-0.1, -0.05) is 38.5 Å². The molecule has 0 aromatic carbocycles. The molecule has 0 aromatic rings. The summed E-state index contributed by atoms with van der Waals surface area (Å²) in [6.45, 7) is 0.0130. The van der Waals surface area contributed by atoms with Crippen molar-refractivity contribution in [3.05, 3.63) is 0 Å². The maximum absolute atomic E-state index is 10.6. The van der Waals surface area contributed by atoms with Gasteiger partial charge in [0.2, 0.25) is 0 Å². The van der Waals surface area contributed by atoms with Crippen molar-refractivity contribution in [2.45, 2.75) is 191 Å². The summed E-state index contributed by atoms with van der Waals surface area (Å²) in [5, 5.41) is 91.0. The summed E-state index contributed by atoms with van der Waals surface area (Å²) < 4.78 is 0. The zero-order chi connectivity index (χ0) is 41.2. The van der Waals surface area contributed by atoms with Crippen LogP contribution in [0.5, 0.6) is 0 Å². The van der Waals surface area contributed by atoms with Crippen molar-refractivity contribution in [2.75, 3.05) is 39.6 Å². The molecule has 0 spiro atoms. The molecule has 0 radical (unpaired) electrons. The second-order valence-corrected chi connectivity index (χ2v) is 21.3. The first kappa shape index (κ1) is 47.1. The molecule has 6 saturated carbocycles. The highest BCUT2D eigenvalue weighted by molar-refractivity contribution is 4.95. The molecule has 0 aromatic heterocycles. The molecule has 6 aliphatic carbocycles. The van der Waals surface area contributed by atoms with Gasteiger partial charge in [0.1, 0.15) is 0 Å². The number of rotatable bonds is 18. The highest BCUT2D eigenvalue weighted by atomic mass is 16.3. The molecule has 0 bridgehead atoms. The topological polar surface area (TPSA) is 185 Å². The average Bonchev–Trinajstić information content (AvgIpc) is 3.26. The van der Waals surface area contributed by atoms with Crippen molar-refractivity contribution in [3.63, 3.8) is 0 Å². The van der Waals surface area contributed by atoms with Crippen LogP contribution in [-0.2, 0) is 0 Å². The quantitative estimate of drug-likeness (QED) is 0.0883. The molecule has 10 nitrogen and oxygen atoms in total. The minimum Gasteiger partial charge on any atom is -0.396 e. The van der Waals surface area contributed by atoms with Crippen LogP contribution in [0.25, 0.3) is 0 Å². The Labute approximate surface area is 351 Å². The molecular formula is C48H87NO9. The van der Waals surface area contributed by atoms with E-state index in [1.807, 2.05) is 0 Å². The van der Waals surface area contributed by atoms with Crippen LogP contribution in [-0.4, -0.2) is 127 Å². The van der Waals surface area contributed by atoms with Gasteiger partial charge < -0.3 is 46.0 Å². The van der Waals surface area contributed by atoms with Gasteiger partial charge in [0.05, 0.1) is 18.3 Å². The molecule has 6 rings (SSSR count). The Morgan fingerprint density at radius 2 is 0.466 bits per heavy atom. The molecule has 6 aliphatic rings. The van der Waals surface area contributed by atoms with Crippen molar-refractivity contribution in [3.8, 4) is 0 Å². The summed E-state index contributed by atoms with van der Waals surface area (Å²) in [5.41, 5.74) is 0. The average molecular weight is 822 g/mol. The van der Waals surface area contributed by atoms with Crippen molar-refractivity contribution in [2.24, 2.45) is 71.0 Å². The zero-order valence-corrected chi connectivity index (χ0v) is 36.1. The van der Waals surface area contributed by atoms with Gasteiger partial charge in [-0.25, -0.2) is 0 Å². The Morgan fingerprint density at radius 1 is 0.276 bits per heavy atom. The number of hydrogen-bond donors (Lipinski definition) is 9.